The highest BCUT2D eigenvalue weighted by Crippen LogP contribution is 2.16. The van der Waals surface area contributed by atoms with Crippen molar-refractivity contribution >= 4 is 35.8 Å². The van der Waals surface area contributed by atoms with E-state index in [-0.39, 0.29) is 94.9 Å². The summed E-state index contributed by atoms with van der Waals surface area (Å²) in [6.07, 6.45) is 21.0. The smallest absolute Gasteiger partial charge is 0.306 e. The molecule has 0 aliphatic heterocycles. The van der Waals surface area contributed by atoms with E-state index in [1.165, 1.54) is 0 Å². The van der Waals surface area contributed by atoms with Crippen molar-refractivity contribution in [2.75, 3.05) is 33.5 Å². The van der Waals surface area contributed by atoms with E-state index >= 15 is 0 Å². The first kappa shape index (κ1) is 57.8. The third kappa shape index (κ3) is 38.2. The predicted octanol–water partition coefficient (Wildman–Crippen LogP) is 10.8. The van der Waals surface area contributed by atoms with E-state index < -0.39 is 24.1 Å². The first-order valence-corrected chi connectivity index (χ1v) is 24.1. The van der Waals surface area contributed by atoms with Crippen LogP contribution in [0.5, 0.6) is 0 Å². The van der Waals surface area contributed by atoms with Gasteiger partial charge in [0.2, 0.25) is 0 Å². The number of rotatable bonds is 43. The summed E-state index contributed by atoms with van der Waals surface area (Å²) in [6.45, 7) is 7.76. The van der Waals surface area contributed by atoms with Crippen molar-refractivity contribution in [3.8, 4) is 0 Å². The van der Waals surface area contributed by atoms with Crippen LogP contribution in [-0.2, 0) is 61.9 Å². The normalized spacial score (nSPS) is 11.2. The van der Waals surface area contributed by atoms with Gasteiger partial charge in [-0.05, 0) is 51.4 Å². The minimum Gasteiger partial charge on any atom is -0.462 e. The van der Waals surface area contributed by atoms with Crippen molar-refractivity contribution in [2.24, 2.45) is 0 Å². The van der Waals surface area contributed by atoms with Crippen molar-refractivity contribution in [3.05, 3.63) is 0 Å². The SMILES string of the molecule is CCCCCCCC(=O)OCC(COC(=O)CCCCCCC)OC(=O)CCCC(CCCC(=O)OC(COC(=O)CCCCCCC)COC(=O)CCCCCCC)OC. The van der Waals surface area contributed by atoms with Crippen LogP contribution in [0, 0.1) is 0 Å². The van der Waals surface area contributed by atoms with Crippen LogP contribution in [0.25, 0.3) is 0 Å². The first-order valence-electron chi connectivity index (χ1n) is 24.1. The van der Waals surface area contributed by atoms with Gasteiger partial charge >= 0.3 is 35.8 Å². The summed E-state index contributed by atoms with van der Waals surface area (Å²) in [5, 5.41) is 0. The minimum absolute atomic E-state index is 0.0752. The lowest BCUT2D eigenvalue weighted by molar-refractivity contribution is -0.167. The molecule has 0 aromatic carbocycles. The summed E-state index contributed by atoms with van der Waals surface area (Å²) in [7, 11) is 1.57. The number of esters is 6. The van der Waals surface area contributed by atoms with E-state index in [1.807, 2.05) is 0 Å². The second-order valence-electron chi connectivity index (χ2n) is 16.3. The summed E-state index contributed by atoms with van der Waals surface area (Å²) in [5.74, 6) is -2.51. The Morgan fingerprint density at radius 1 is 0.311 bits per heavy atom. The molecule has 0 fully saturated rings. The Bertz CT molecular complexity index is 983. The lowest BCUT2D eigenvalue weighted by Crippen LogP contribution is -2.31. The molecule has 0 aliphatic rings. The number of unbranched alkanes of at least 4 members (excludes halogenated alkanes) is 16. The monoisotopic (exact) mass is 871 g/mol. The molecule has 13 nitrogen and oxygen atoms in total. The molecule has 0 aliphatic carbocycles. The third-order valence-electron chi connectivity index (χ3n) is 10.4. The highest BCUT2D eigenvalue weighted by Gasteiger charge is 2.22. The molecule has 0 atom stereocenters. The molecule has 0 N–H and O–H groups in total. The fourth-order valence-corrected chi connectivity index (χ4v) is 6.57. The van der Waals surface area contributed by atoms with Gasteiger partial charge in [-0.2, -0.15) is 0 Å². The van der Waals surface area contributed by atoms with Crippen LogP contribution >= 0.6 is 0 Å². The first-order chi connectivity index (χ1) is 29.6. The molecule has 0 aromatic rings. The lowest BCUT2D eigenvalue weighted by atomic mass is 10.1. The van der Waals surface area contributed by atoms with E-state index in [0.717, 1.165) is 128 Å². The van der Waals surface area contributed by atoms with Crippen molar-refractivity contribution in [1.82, 2.24) is 0 Å². The highest BCUT2D eigenvalue weighted by molar-refractivity contribution is 5.72. The average molecular weight is 871 g/mol. The lowest BCUT2D eigenvalue weighted by Gasteiger charge is -2.19. The summed E-state index contributed by atoms with van der Waals surface area (Å²) >= 11 is 0. The summed E-state index contributed by atoms with van der Waals surface area (Å²) in [6, 6.07) is 0. The maximum Gasteiger partial charge on any atom is 0.306 e. The highest BCUT2D eigenvalue weighted by atomic mass is 16.6. The topological polar surface area (TPSA) is 167 Å². The number of carbonyl (C=O) groups is 6. The largest absolute Gasteiger partial charge is 0.462 e. The van der Waals surface area contributed by atoms with Crippen molar-refractivity contribution < 1.29 is 61.9 Å². The molecule has 61 heavy (non-hydrogen) atoms. The molecule has 0 heterocycles. The summed E-state index contributed by atoms with van der Waals surface area (Å²) in [5.41, 5.74) is 0. The zero-order valence-corrected chi connectivity index (χ0v) is 39.1. The Balaban J connectivity index is 4.96. The van der Waals surface area contributed by atoms with Gasteiger partial charge in [0.25, 0.3) is 0 Å². The summed E-state index contributed by atoms with van der Waals surface area (Å²) in [4.78, 5) is 75.2. The van der Waals surface area contributed by atoms with Crippen LogP contribution in [0.2, 0.25) is 0 Å². The molecule has 0 rings (SSSR count). The quantitative estimate of drug-likeness (QED) is 0.0323. The van der Waals surface area contributed by atoms with Crippen molar-refractivity contribution in [1.29, 1.82) is 0 Å². The van der Waals surface area contributed by atoms with Gasteiger partial charge in [-0.1, -0.05) is 130 Å². The molecule has 0 radical (unpaired) electrons. The van der Waals surface area contributed by atoms with E-state index in [9.17, 15) is 28.8 Å². The predicted molar refractivity (Wildman–Crippen MR) is 236 cm³/mol. The van der Waals surface area contributed by atoms with Crippen LogP contribution in [-0.4, -0.2) is 87.7 Å². The van der Waals surface area contributed by atoms with Gasteiger partial charge in [0, 0.05) is 45.6 Å². The number of ether oxygens (including phenoxy) is 7. The Morgan fingerprint density at radius 2 is 0.557 bits per heavy atom. The van der Waals surface area contributed by atoms with E-state index in [2.05, 4.69) is 27.7 Å². The van der Waals surface area contributed by atoms with Gasteiger partial charge in [-0.25, -0.2) is 0 Å². The Morgan fingerprint density at radius 3 is 0.803 bits per heavy atom. The van der Waals surface area contributed by atoms with Gasteiger partial charge in [-0.3, -0.25) is 28.8 Å². The zero-order chi connectivity index (χ0) is 45.2. The Kier molecular flexibility index (Phi) is 39.9. The Hall–Kier alpha value is -3.22. The molecule has 0 aromatic heterocycles. The molecular weight excluding hydrogens is 785 g/mol. The second kappa shape index (κ2) is 42.1. The maximum absolute atomic E-state index is 12.9. The standard InChI is InChI=1S/C48H86O13/c1-6-10-14-18-22-30-43(49)56-36-41(37-57-44(50)31-23-19-15-11-7-2)60-47(53)34-26-28-40(55-5)29-27-35-48(54)61-42(38-58-45(51)32-24-20-16-12-8-3)39-59-46(52)33-25-21-17-13-9-4/h40-42H,6-39H2,1-5H3. The van der Waals surface area contributed by atoms with Crippen LogP contribution in [0.15, 0.2) is 0 Å². The van der Waals surface area contributed by atoms with Crippen LogP contribution in [0.3, 0.4) is 0 Å². The fourth-order valence-electron chi connectivity index (χ4n) is 6.57. The zero-order valence-electron chi connectivity index (χ0n) is 39.1. The van der Waals surface area contributed by atoms with Crippen LogP contribution < -0.4 is 0 Å². The second-order valence-corrected chi connectivity index (χ2v) is 16.3. The van der Waals surface area contributed by atoms with Crippen LogP contribution in [0.4, 0.5) is 0 Å². The number of hydrogen-bond acceptors (Lipinski definition) is 13. The van der Waals surface area contributed by atoms with Crippen LogP contribution in [0.1, 0.15) is 220 Å². The van der Waals surface area contributed by atoms with Gasteiger partial charge in [0.15, 0.2) is 12.2 Å². The Labute approximate surface area is 369 Å². The van der Waals surface area contributed by atoms with Crippen molar-refractivity contribution in [3.63, 3.8) is 0 Å². The number of hydrogen-bond donors (Lipinski definition) is 0. The molecule has 0 spiro atoms. The molecule has 0 amide bonds. The molecule has 0 saturated heterocycles. The summed E-state index contributed by atoms with van der Waals surface area (Å²) < 4.78 is 38.5. The number of methoxy groups -OCH3 is 1. The maximum atomic E-state index is 12.9. The van der Waals surface area contributed by atoms with Crippen molar-refractivity contribution in [2.45, 2.75) is 239 Å². The van der Waals surface area contributed by atoms with E-state index in [4.69, 9.17) is 33.2 Å². The van der Waals surface area contributed by atoms with Gasteiger partial charge in [0.1, 0.15) is 26.4 Å². The third-order valence-corrected chi connectivity index (χ3v) is 10.4. The van der Waals surface area contributed by atoms with E-state index in [1.54, 1.807) is 7.11 Å². The fraction of sp³-hybridized carbons (Fsp3) is 0.875. The number of carbonyl (C=O) groups excluding carboxylic acids is 6. The van der Waals surface area contributed by atoms with E-state index in [0.29, 0.717) is 25.7 Å². The molecule has 13 heteroatoms. The molecule has 0 saturated carbocycles. The average Bonchev–Trinajstić information content (AvgIpc) is 3.24. The molecule has 0 unspecified atom stereocenters. The molecular formula is C48H86O13. The van der Waals surface area contributed by atoms with Gasteiger partial charge < -0.3 is 33.2 Å². The molecule has 0 bridgehead atoms. The van der Waals surface area contributed by atoms with Gasteiger partial charge in [-0.15, -0.1) is 0 Å². The minimum atomic E-state index is -0.910. The molecule has 356 valence electrons. The van der Waals surface area contributed by atoms with Gasteiger partial charge in [0.05, 0.1) is 6.10 Å².